The van der Waals surface area contributed by atoms with Crippen LogP contribution in [-0.2, 0) is 0 Å². The maximum absolute atomic E-state index is 7.53. The maximum atomic E-state index is 7.53. The molecule has 0 atom stereocenters. The molecule has 1 saturated carbocycles. The molecule has 1 rings (SSSR count). The normalized spacial score (nSPS) is 17.1. The molecule has 0 radical (unpaired) electrons. The minimum Gasteiger partial charge on any atom is -0.387 e. The van der Waals surface area contributed by atoms with E-state index < -0.39 is 0 Å². The van der Waals surface area contributed by atoms with Crippen molar-refractivity contribution >= 4 is 5.84 Å². The molecule has 0 heterocycles. The molecule has 0 aliphatic heterocycles. The molecule has 0 saturated heterocycles. The summed E-state index contributed by atoms with van der Waals surface area (Å²) >= 11 is 0. The highest BCUT2D eigenvalue weighted by Gasteiger charge is 2.30. The van der Waals surface area contributed by atoms with Crippen LogP contribution in [-0.4, -0.2) is 29.9 Å². The molecule has 0 spiro atoms. The highest BCUT2D eigenvalue weighted by molar-refractivity contribution is 5.82. The molecule has 1 fully saturated rings. The largest absolute Gasteiger partial charge is 0.387 e. The minimum absolute atomic E-state index is 0.138. The number of nitrogens with two attached hydrogens (primary N) is 1. The van der Waals surface area contributed by atoms with Crippen LogP contribution in [0.5, 0.6) is 0 Å². The van der Waals surface area contributed by atoms with Crippen LogP contribution >= 0.6 is 0 Å². The van der Waals surface area contributed by atoms with Crippen molar-refractivity contribution in [3.05, 3.63) is 0 Å². The van der Waals surface area contributed by atoms with Crippen molar-refractivity contribution in [3.63, 3.8) is 0 Å². The van der Waals surface area contributed by atoms with E-state index in [4.69, 9.17) is 11.1 Å². The summed E-state index contributed by atoms with van der Waals surface area (Å²) in [5.41, 5.74) is 5.45. The topological polar surface area (TPSA) is 53.1 Å². The Morgan fingerprint density at radius 1 is 1.40 bits per heavy atom. The van der Waals surface area contributed by atoms with Crippen LogP contribution in [0.25, 0.3) is 0 Å². The molecule has 88 valence electrons. The van der Waals surface area contributed by atoms with Crippen molar-refractivity contribution in [1.82, 2.24) is 4.90 Å². The average molecular weight is 211 g/mol. The van der Waals surface area contributed by atoms with Crippen molar-refractivity contribution in [1.29, 1.82) is 5.41 Å². The van der Waals surface area contributed by atoms with E-state index in [1.165, 1.54) is 25.8 Å². The van der Waals surface area contributed by atoms with Gasteiger partial charge in [-0.3, -0.25) is 5.41 Å². The lowest BCUT2D eigenvalue weighted by molar-refractivity contribution is 0.236. The van der Waals surface area contributed by atoms with E-state index in [9.17, 15) is 0 Å². The van der Waals surface area contributed by atoms with Gasteiger partial charge in [0.1, 0.15) is 0 Å². The van der Waals surface area contributed by atoms with Gasteiger partial charge in [-0.25, -0.2) is 0 Å². The van der Waals surface area contributed by atoms with E-state index in [0.717, 1.165) is 19.0 Å². The molecule has 0 bridgehead atoms. The molecule has 1 aliphatic carbocycles. The van der Waals surface area contributed by atoms with Gasteiger partial charge in [0.25, 0.3) is 0 Å². The van der Waals surface area contributed by atoms with Gasteiger partial charge in [0, 0.05) is 11.5 Å². The number of hydrogen-bond acceptors (Lipinski definition) is 2. The molecule has 1 aliphatic rings. The first kappa shape index (κ1) is 12.5. The average Bonchev–Trinajstić information content (AvgIpc) is 2.95. The Morgan fingerprint density at radius 2 is 2.00 bits per heavy atom. The molecule has 3 nitrogen and oxygen atoms in total. The van der Waals surface area contributed by atoms with E-state index in [1.54, 1.807) is 0 Å². The highest BCUT2D eigenvalue weighted by atomic mass is 15.2. The number of nitrogens with zero attached hydrogens (tertiary/aromatic N) is 1. The fourth-order valence-electron chi connectivity index (χ4n) is 1.76. The van der Waals surface area contributed by atoms with Crippen molar-refractivity contribution in [2.24, 2.45) is 11.1 Å². The lowest BCUT2D eigenvalue weighted by Gasteiger charge is -2.28. The molecule has 3 N–H and O–H groups in total. The third kappa shape index (κ3) is 3.82. The fraction of sp³-hybridized carbons (Fsp3) is 0.917. The zero-order valence-corrected chi connectivity index (χ0v) is 10.3. The Balaban J connectivity index is 2.35. The third-order valence-electron chi connectivity index (χ3n) is 3.33. The molecule has 0 aromatic rings. The summed E-state index contributed by atoms with van der Waals surface area (Å²) in [6, 6.07) is 0.827. The lowest BCUT2D eigenvalue weighted by atomic mass is 9.88. The molecule has 15 heavy (non-hydrogen) atoms. The summed E-state index contributed by atoms with van der Waals surface area (Å²) in [7, 11) is 0. The summed E-state index contributed by atoms with van der Waals surface area (Å²) in [6.07, 6.45) is 4.94. The van der Waals surface area contributed by atoms with Gasteiger partial charge in [0.2, 0.25) is 0 Å². The fourth-order valence-corrected chi connectivity index (χ4v) is 1.76. The van der Waals surface area contributed by atoms with Crippen LogP contribution in [0, 0.1) is 10.8 Å². The molecular weight excluding hydrogens is 186 g/mol. The van der Waals surface area contributed by atoms with Crippen molar-refractivity contribution in [3.8, 4) is 0 Å². The second-order valence-electron chi connectivity index (χ2n) is 5.31. The van der Waals surface area contributed by atoms with Crippen LogP contribution in [0.3, 0.4) is 0 Å². The Kier molecular flexibility index (Phi) is 4.14. The zero-order chi connectivity index (χ0) is 11.5. The van der Waals surface area contributed by atoms with Crippen LogP contribution in [0.1, 0.15) is 46.5 Å². The first-order valence-electron chi connectivity index (χ1n) is 6.06. The predicted molar refractivity (Wildman–Crippen MR) is 65.2 cm³/mol. The summed E-state index contributed by atoms with van der Waals surface area (Å²) in [5, 5.41) is 7.53. The zero-order valence-electron chi connectivity index (χ0n) is 10.3. The van der Waals surface area contributed by atoms with Crippen LogP contribution < -0.4 is 5.73 Å². The smallest absolute Gasteiger partial charge is 0.0963 e. The Morgan fingerprint density at radius 3 is 2.40 bits per heavy atom. The van der Waals surface area contributed by atoms with Gasteiger partial charge < -0.3 is 10.6 Å². The number of rotatable bonds is 7. The number of hydrogen-bond donors (Lipinski definition) is 2. The molecular formula is C12H25N3. The molecule has 0 aromatic carbocycles. The van der Waals surface area contributed by atoms with Gasteiger partial charge in [0.15, 0.2) is 0 Å². The van der Waals surface area contributed by atoms with Gasteiger partial charge in [0.05, 0.1) is 5.84 Å². The van der Waals surface area contributed by atoms with Gasteiger partial charge in [-0.2, -0.15) is 0 Å². The van der Waals surface area contributed by atoms with Crippen LogP contribution in [0.4, 0.5) is 0 Å². The monoisotopic (exact) mass is 211 g/mol. The molecule has 0 unspecified atom stereocenters. The van der Waals surface area contributed by atoms with Gasteiger partial charge in [-0.1, -0.05) is 20.8 Å². The van der Waals surface area contributed by atoms with Crippen molar-refractivity contribution in [2.75, 3.05) is 13.1 Å². The van der Waals surface area contributed by atoms with E-state index in [1.807, 2.05) is 0 Å². The molecule has 0 amide bonds. The van der Waals surface area contributed by atoms with E-state index in [2.05, 4.69) is 25.7 Å². The van der Waals surface area contributed by atoms with E-state index >= 15 is 0 Å². The predicted octanol–water partition coefficient (Wildman–Crippen LogP) is 2.21. The summed E-state index contributed by atoms with van der Waals surface area (Å²) in [5.74, 6) is 0.315. The number of nitrogens with one attached hydrogen (secondary N) is 1. The second-order valence-corrected chi connectivity index (χ2v) is 5.31. The molecule has 3 heteroatoms. The summed E-state index contributed by atoms with van der Waals surface area (Å²) in [6.45, 7) is 8.63. The van der Waals surface area contributed by atoms with Crippen LogP contribution in [0.2, 0.25) is 0 Å². The Labute approximate surface area is 93.5 Å². The summed E-state index contributed by atoms with van der Waals surface area (Å²) in [4.78, 5) is 2.56. The van der Waals surface area contributed by atoms with Crippen molar-refractivity contribution < 1.29 is 0 Å². The van der Waals surface area contributed by atoms with Crippen molar-refractivity contribution in [2.45, 2.75) is 52.5 Å². The highest BCUT2D eigenvalue weighted by Crippen LogP contribution is 2.29. The van der Waals surface area contributed by atoms with Gasteiger partial charge >= 0.3 is 0 Å². The van der Waals surface area contributed by atoms with Gasteiger partial charge in [-0.15, -0.1) is 0 Å². The van der Waals surface area contributed by atoms with Gasteiger partial charge in [-0.05, 0) is 38.8 Å². The first-order chi connectivity index (χ1) is 6.97. The lowest BCUT2D eigenvalue weighted by Crippen LogP contribution is -2.36. The number of amidine groups is 1. The van der Waals surface area contributed by atoms with E-state index in [-0.39, 0.29) is 5.41 Å². The Hall–Kier alpha value is -0.570. The first-order valence-corrected chi connectivity index (χ1v) is 6.06. The minimum atomic E-state index is -0.138. The van der Waals surface area contributed by atoms with E-state index in [0.29, 0.717) is 5.84 Å². The molecule has 0 aromatic heterocycles. The SMILES string of the molecule is CCCN(CCC(C)(C)C(=N)N)C1CC1. The standard InChI is InChI=1S/C12H25N3/c1-4-8-15(10-5-6-10)9-7-12(2,3)11(13)14/h10H,4-9H2,1-3H3,(H3,13,14). The Bertz CT molecular complexity index is 219. The summed E-state index contributed by atoms with van der Waals surface area (Å²) < 4.78 is 0. The third-order valence-corrected chi connectivity index (χ3v) is 3.33. The quantitative estimate of drug-likeness (QED) is 0.501. The maximum Gasteiger partial charge on any atom is 0.0963 e. The van der Waals surface area contributed by atoms with Crippen LogP contribution in [0.15, 0.2) is 0 Å². The second kappa shape index (κ2) is 4.97.